The van der Waals surface area contributed by atoms with E-state index in [0.29, 0.717) is 32.9 Å². The van der Waals surface area contributed by atoms with Crippen molar-refractivity contribution in [2.24, 2.45) is 5.92 Å². The number of halogens is 2. The van der Waals surface area contributed by atoms with E-state index in [0.717, 1.165) is 36.1 Å². The zero-order valence-corrected chi connectivity index (χ0v) is 18.8. The Morgan fingerprint density at radius 1 is 0.971 bits per heavy atom. The molecule has 0 unspecified atom stereocenters. The third-order valence-electron chi connectivity index (χ3n) is 5.38. The minimum absolute atomic E-state index is 0.00676. The summed E-state index contributed by atoms with van der Waals surface area (Å²) >= 11 is 1.31. The maximum atomic E-state index is 13.8. The van der Waals surface area contributed by atoms with Gasteiger partial charge in [0.15, 0.2) is 5.13 Å². The average Bonchev–Trinajstić information content (AvgIpc) is 3.57. The predicted molar refractivity (Wildman–Crippen MR) is 128 cm³/mol. The maximum Gasteiger partial charge on any atom is 0.323 e. The number of amides is 3. The molecule has 1 aliphatic rings. The van der Waals surface area contributed by atoms with Crippen LogP contribution < -0.4 is 16.0 Å². The number of thiazole rings is 1. The van der Waals surface area contributed by atoms with Crippen LogP contribution in [0.3, 0.4) is 0 Å². The normalized spacial score (nSPS) is 13.0. The Balaban J connectivity index is 1.35. The quantitative estimate of drug-likeness (QED) is 0.330. The number of urea groups is 1. The first-order valence-corrected chi connectivity index (χ1v) is 11.4. The molecule has 0 bridgehead atoms. The van der Waals surface area contributed by atoms with E-state index in [9.17, 15) is 18.4 Å². The summed E-state index contributed by atoms with van der Waals surface area (Å²) in [5, 5.41) is 8.39. The van der Waals surface area contributed by atoms with Gasteiger partial charge in [0.2, 0.25) is 5.91 Å². The highest BCUT2D eigenvalue weighted by Crippen LogP contribution is 2.33. The highest BCUT2D eigenvalue weighted by molar-refractivity contribution is 7.22. The molecular formula is C24H19F2N5O2S. The van der Waals surface area contributed by atoms with E-state index in [1.54, 1.807) is 12.1 Å². The van der Waals surface area contributed by atoms with Gasteiger partial charge in [-0.15, -0.1) is 0 Å². The summed E-state index contributed by atoms with van der Waals surface area (Å²) in [4.78, 5) is 34.2. The lowest BCUT2D eigenvalue weighted by Gasteiger charge is -2.11. The minimum Gasteiger partial charge on any atom is -0.308 e. The topological polar surface area (TPSA) is 96.0 Å². The van der Waals surface area contributed by atoms with Crippen molar-refractivity contribution >= 4 is 50.1 Å². The zero-order valence-electron chi connectivity index (χ0n) is 18.0. The lowest BCUT2D eigenvalue weighted by Crippen LogP contribution is -2.20. The molecule has 10 heteroatoms. The number of hydrogen-bond acceptors (Lipinski definition) is 5. The van der Waals surface area contributed by atoms with Gasteiger partial charge in [-0.1, -0.05) is 17.4 Å². The standard InChI is InChI=1S/C24H19F2N5O2S/c1-12-2-6-15(27-23(33)29-19-7-5-14(25)10-17(19)26)11-16(12)18-8-9-20-22(28-18)34-24(30-20)31-21(32)13-3-4-13/h2,5-11,13H,3-4H2,1H3,(H2,27,29,33)(H,30,31,32). The smallest absolute Gasteiger partial charge is 0.308 e. The van der Waals surface area contributed by atoms with E-state index < -0.39 is 17.7 Å². The van der Waals surface area contributed by atoms with Gasteiger partial charge in [0.1, 0.15) is 22.0 Å². The van der Waals surface area contributed by atoms with Crippen molar-refractivity contribution in [3.8, 4) is 11.3 Å². The highest BCUT2D eigenvalue weighted by Gasteiger charge is 2.30. The molecule has 0 saturated heterocycles. The van der Waals surface area contributed by atoms with Crippen molar-refractivity contribution in [2.75, 3.05) is 16.0 Å². The zero-order chi connectivity index (χ0) is 23.8. The van der Waals surface area contributed by atoms with Crippen LogP contribution in [0.15, 0.2) is 48.5 Å². The fourth-order valence-corrected chi connectivity index (χ4v) is 4.27. The summed E-state index contributed by atoms with van der Waals surface area (Å²) in [6.45, 7) is 1.92. The molecule has 3 N–H and O–H groups in total. The molecule has 1 fully saturated rings. The van der Waals surface area contributed by atoms with E-state index >= 15 is 0 Å². The number of fused-ring (bicyclic) bond motifs is 1. The molecular weight excluding hydrogens is 460 g/mol. The number of hydrogen-bond donors (Lipinski definition) is 3. The predicted octanol–water partition coefficient (Wildman–Crippen LogP) is 5.94. The van der Waals surface area contributed by atoms with E-state index in [-0.39, 0.29) is 17.5 Å². The van der Waals surface area contributed by atoms with E-state index in [1.165, 1.54) is 11.3 Å². The second-order valence-corrected chi connectivity index (χ2v) is 9.01. The number of rotatable bonds is 5. The molecule has 5 rings (SSSR count). The molecule has 2 aromatic carbocycles. The van der Waals surface area contributed by atoms with Crippen molar-refractivity contribution in [1.82, 2.24) is 9.97 Å². The van der Waals surface area contributed by atoms with Crippen molar-refractivity contribution < 1.29 is 18.4 Å². The average molecular weight is 480 g/mol. The second kappa shape index (κ2) is 8.79. The fourth-order valence-electron chi connectivity index (χ4n) is 3.42. The molecule has 2 aromatic heterocycles. The maximum absolute atomic E-state index is 13.8. The number of pyridine rings is 1. The number of nitrogens with one attached hydrogen (secondary N) is 3. The number of aryl methyl sites for hydroxylation is 1. The van der Waals surface area contributed by atoms with Crippen LogP contribution in [0.5, 0.6) is 0 Å². The lowest BCUT2D eigenvalue weighted by atomic mass is 10.0. The Labute approximate surface area is 197 Å². The Morgan fingerprint density at radius 3 is 2.56 bits per heavy atom. The first-order valence-electron chi connectivity index (χ1n) is 10.6. The number of carbonyl (C=O) groups is 2. The summed E-state index contributed by atoms with van der Waals surface area (Å²) in [5.41, 5.74) is 3.45. The van der Waals surface area contributed by atoms with Gasteiger partial charge < -0.3 is 16.0 Å². The van der Waals surface area contributed by atoms with E-state index in [2.05, 4.69) is 20.9 Å². The van der Waals surface area contributed by atoms with Crippen LogP contribution in [-0.2, 0) is 4.79 Å². The summed E-state index contributed by atoms with van der Waals surface area (Å²) in [6, 6.07) is 11.2. The Morgan fingerprint density at radius 2 is 1.79 bits per heavy atom. The summed E-state index contributed by atoms with van der Waals surface area (Å²) in [7, 11) is 0. The van der Waals surface area contributed by atoms with Gasteiger partial charge in [0.25, 0.3) is 0 Å². The molecule has 2 heterocycles. The van der Waals surface area contributed by atoms with Crippen LogP contribution >= 0.6 is 11.3 Å². The molecule has 1 aliphatic carbocycles. The molecule has 0 radical (unpaired) electrons. The van der Waals surface area contributed by atoms with Crippen molar-refractivity contribution in [3.05, 3.63) is 65.7 Å². The van der Waals surface area contributed by atoms with Crippen molar-refractivity contribution in [1.29, 1.82) is 0 Å². The van der Waals surface area contributed by atoms with Crippen LogP contribution in [0.1, 0.15) is 18.4 Å². The number of anilines is 3. The van der Waals surface area contributed by atoms with Gasteiger partial charge in [-0.25, -0.2) is 23.5 Å². The number of aromatic nitrogens is 2. The van der Waals surface area contributed by atoms with Crippen LogP contribution in [0.4, 0.5) is 30.1 Å². The second-order valence-electron chi connectivity index (χ2n) is 8.04. The Bertz CT molecular complexity index is 1430. The molecule has 0 spiro atoms. The number of benzene rings is 2. The van der Waals surface area contributed by atoms with Gasteiger partial charge in [-0.2, -0.15) is 0 Å². The van der Waals surface area contributed by atoms with E-state index in [1.807, 2.05) is 25.1 Å². The summed E-state index contributed by atoms with van der Waals surface area (Å²) in [6.07, 6.45) is 1.83. The number of carbonyl (C=O) groups excluding carboxylic acids is 2. The molecule has 172 valence electrons. The van der Waals surface area contributed by atoms with Crippen molar-refractivity contribution in [3.63, 3.8) is 0 Å². The van der Waals surface area contributed by atoms with Crippen LogP contribution in [0, 0.1) is 24.5 Å². The van der Waals surface area contributed by atoms with Crippen LogP contribution in [0.25, 0.3) is 21.6 Å². The molecule has 0 atom stereocenters. The Hall–Kier alpha value is -3.92. The highest BCUT2D eigenvalue weighted by atomic mass is 32.1. The summed E-state index contributed by atoms with van der Waals surface area (Å²) < 4.78 is 26.9. The van der Waals surface area contributed by atoms with Gasteiger partial charge >= 0.3 is 6.03 Å². The monoisotopic (exact) mass is 479 g/mol. The number of nitrogens with zero attached hydrogens (tertiary/aromatic N) is 2. The molecule has 3 amide bonds. The Kier molecular flexibility index (Phi) is 5.66. The lowest BCUT2D eigenvalue weighted by molar-refractivity contribution is -0.117. The van der Waals surface area contributed by atoms with Gasteiger partial charge in [-0.05, 0) is 61.7 Å². The molecule has 7 nitrogen and oxygen atoms in total. The first kappa shape index (κ1) is 21.9. The molecule has 1 saturated carbocycles. The molecule has 34 heavy (non-hydrogen) atoms. The summed E-state index contributed by atoms with van der Waals surface area (Å²) in [5.74, 6) is -1.51. The third-order valence-corrected chi connectivity index (χ3v) is 6.27. The van der Waals surface area contributed by atoms with E-state index in [4.69, 9.17) is 4.98 Å². The SMILES string of the molecule is Cc1ccc(NC(=O)Nc2ccc(F)cc2F)cc1-c1ccc2nc(NC(=O)C3CC3)sc2n1. The van der Waals surface area contributed by atoms with Crippen LogP contribution in [-0.4, -0.2) is 21.9 Å². The first-order chi connectivity index (χ1) is 16.4. The van der Waals surface area contributed by atoms with Gasteiger partial charge in [0.05, 0.1) is 11.4 Å². The van der Waals surface area contributed by atoms with Crippen molar-refractivity contribution in [2.45, 2.75) is 19.8 Å². The van der Waals surface area contributed by atoms with Gasteiger partial charge in [0, 0.05) is 23.2 Å². The fraction of sp³-hybridized carbons (Fsp3) is 0.167. The third kappa shape index (κ3) is 4.72. The molecule has 0 aliphatic heterocycles. The van der Waals surface area contributed by atoms with Crippen LogP contribution in [0.2, 0.25) is 0 Å². The minimum atomic E-state index is -0.866. The van der Waals surface area contributed by atoms with Gasteiger partial charge in [-0.3, -0.25) is 4.79 Å². The molecule has 4 aromatic rings. The largest absolute Gasteiger partial charge is 0.323 e.